The summed E-state index contributed by atoms with van der Waals surface area (Å²) in [5.74, 6) is 0.924. The molecule has 0 saturated carbocycles. The van der Waals surface area contributed by atoms with Crippen LogP contribution in [0.2, 0.25) is 0 Å². The van der Waals surface area contributed by atoms with E-state index in [-0.39, 0.29) is 11.8 Å². The van der Waals surface area contributed by atoms with E-state index >= 15 is 0 Å². The number of aryl methyl sites for hydroxylation is 1. The van der Waals surface area contributed by atoms with Gasteiger partial charge in [-0.25, -0.2) is 4.98 Å². The van der Waals surface area contributed by atoms with E-state index in [4.69, 9.17) is 4.98 Å². The van der Waals surface area contributed by atoms with Crippen molar-refractivity contribution in [2.24, 2.45) is 5.92 Å². The standard InChI is InChI=1S/C30H27N5OS/c1-20-7-12-26-27(19-20)37-30(32-26)23-8-10-24(11-9-23)31-29(36)22-15-17-35(18-16-22)28-14-13-25(33-34-28)21-5-3-2-4-6-21/h2-14,19,22H,15-18H2,1H3,(H,31,36). The first-order valence-corrected chi connectivity index (χ1v) is 13.4. The van der Waals surface area contributed by atoms with Crippen molar-refractivity contribution in [2.75, 3.05) is 23.3 Å². The number of carbonyl (C=O) groups is 1. The van der Waals surface area contributed by atoms with Crippen molar-refractivity contribution in [3.8, 4) is 21.8 Å². The zero-order chi connectivity index (χ0) is 25.2. The lowest BCUT2D eigenvalue weighted by atomic mass is 9.95. The fraction of sp³-hybridized carbons (Fsp3) is 0.200. The second-order valence-electron chi connectivity index (χ2n) is 9.46. The lowest BCUT2D eigenvalue weighted by molar-refractivity contribution is -0.120. The zero-order valence-corrected chi connectivity index (χ0v) is 21.4. The Hall–Kier alpha value is -4.10. The van der Waals surface area contributed by atoms with E-state index in [1.165, 1.54) is 10.3 Å². The van der Waals surface area contributed by atoms with Crippen molar-refractivity contribution in [3.05, 3.63) is 90.5 Å². The van der Waals surface area contributed by atoms with Crippen LogP contribution in [0, 0.1) is 12.8 Å². The van der Waals surface area contributed by atoms with E-state index in [0.29, 0.717) is 0 Å². The molecule has 6 rings (SSSR count). The Morgan fingerprint density at radius 1 is 0.892 bits per heavy atom. The molecule has 0 atom stereocenters. The van der Waals surface area contributed by atoms with E-state index < -0.39 is 0 Å². The van der Waals surface area contributed by atoms with Gasteiger partial charge in [0.1, 0.15) is 5.01 Å². The third kappa shape index (κ3) is 5.08. The highest BCUT2D eigenvalue weighted by Crippen LogP contribution is 2.31. The van der Waals surface area contributed by atoms with Crippen LogP contribution in [0.4, 0.5) is 11.5 Å². The molecule has 3 aromatic carbocycles. The van der Waals surface area contributed by atoms with Crippen molar-refractivity contribution in [1.29, 1.82) is 0 Å². The topological polar surface area (TPSA) is 71.0 Å². The molecule has 0 unspecified atom stereocenters. The third-order valence-corrected chi connectivity index (χ3v) is 7.92. The number of rotatable bonds is 5. The number of aromatic nitrogens is 3. The van der Waals surface area contributed by atoms with Crippen LogP contribution in [0.1, 0.15) is 18.4 Å². The number of amides is 1. The van der Waals surface area contributed by atoms with Gasteiger partial charge < -0.3 is 10.2 Å². The molecule has 0 aliphatic carbocycles. The van der Waals surface area contributed by atoms with Gasteiger partial charge in [0.05, 0.1) is 15.9 Å². The summed E-state index contributed by atoms with van der Waals surface area (Å²) in [6, 6.07) is 28.4. The highest BCUT2D eigenvalue weighted by atomic mass is 32.1. The number of hydrogen-bond acceptors (Lipinski definition) is 6. The number of nitrogens with one attached hydrogen (secondary N) is 1. The highest BCUT2D eigenvalue weighted by Gasteiger charge is 2.26. The van der Waals surface area contributed by atoms with Crippen molar-refractivity contribution < 1.29 is 4.79 Å². The molecule has 1 N–H and O–H groups in total. The monoisotopic (exact) mass is 505 g/mol. The molecule has 6 nitrogen and oxygen atoms in total. The number of benzene rings is 3. The fourth-order valence-corrected chi connectivity index (χ4v) is 5.79. The summed E-state index contributed by atoms with van der Waals surface area (Å²) < 4.78 is 1.19. The molecule has 1 aliphatic heterocycles. The van der Waals surface area contributed by atoms with Crippen LogP contribution in [-0.4, -0.2) is 34.2 Å². The van der Waals surface area contributed by atoms with Crippen LogP contribution < -0.4 is 10.2 Å². The van der Waals surface area contributed by atoms with Crippen LogP contribution in [0.5, 0.6) is 0 Å². The Balaban J connectivity index is 1.04. The Morgan fingerprint density at radius 2 is 1.68 bits per heavy atom. The van der Waals surface area contributed by atoms with E-state index in [9.17, 15) is 4.79 Å². The molecule has 1 fully saturated rings. The summed E-state index contributed by atoms with van der Waals surface area (Å²) in [5.41, 5.74) is 6.05. The normalized spacial score (nSPS) is 14.1. The number of nitrogens with zero attached hydrogens (tertiary/aromatic N) is 4. The van der Waals surface area contributed by atoms with E-state index in [1.54, 1.807) is 11.3 Å². The van der Waals surface area contributed by atoms with Crippen LogP contribution in [0.15, 0.2) is 84.9 Å². The fourth-order valence-electron chi connectivity index (χ4n) is 4.72. The minimum absolute atomic E-state index is 0.0139. The molecule has 0 bridgehead atoms. The van der Waals surface area contributed by atoms with Crippen LogP contribution in [-0.2, 0) is 4.79 Å². The van der Waals surface area contributed by atoms with Crippen LogP contribution >= 0.6 is 11.3 Å². The molecule has 1 amide bonds. The first-order chi connectivity index (χ1) is 18.1. The first kappa shape index (κ1) is 23.3. The Bertz CT molecular complexity index is 1520. The van der Waals surface area contributed by atoms with E-state index in [1.807, 2.05) is 66.7 Å². The van der Waals surface area contributed by atoms with Crippen LogP contribution in [0.25, 0.3) is 32.0 Å². The van der Waals surface area contributed by atoms with Gasteiger partial charge in [0, 0.05) is 35.8 Å². The average Bonchev–Trinajstić information content (AvgIpc) is 3.37. The predicted molar refractivity (Wildman–Crippen MR) is 151 cm³/mol. The maximum Gasteiger partial charge on any atom is 0.227 e. The van der Waals surface area contributed by atoms with Crippen molar-refractivity contribution in [3.63, 3.8) is 0 Å². The molecule has 1 aliphatic rings. The molecule has 5 aromatic rings. The Kier molecular flexibility index (Phi) is 6.37. The average molecular weight is 506 g/mol. The third-order valence-electron chi connectivity index (χ3n) is 6.85. The molecule has 0 radical (unpaired) electrons. The van der Waals surface area contributed by atoms with Gasteiger partial charge in [-0.15, -0.1) is 21.5 Å². The molecule has 7 heteroatoms. The quantitative estimate of drug-likeness (QED) is 0.292. The van der Waals surface area contributed by atoms with Gasteiger partial charge in [-0.3, -0.25) is 4.79 Å². The van der Waals surface area contributed by atoms with Gasteiger partial charge in [0.2, 0.25) is 5.91 Å². The van der Waals surface area contributed by atoms with Crippen molar-refractivity contribution >= 4 is 39.0 Å². The lowest BCUT2D eigenvalue weighted by Crippen LogP contribution is -2.38. The summed E-state index contributed by atoms with van der Waals surface area (Å²) in [7, 11) is 0. The summed E-state index contributed by atoms with van der Waals surface area (Å²) in [4.78, 5) is 19.9. The molecule has 184 valence electrons. The van der Waals surface area contributed by atoms with Gasteiger partial charge in [0.15, 0.2) is 5.82 Å². The van der Waals surface area contributed by atoms with Gasteiger partial charge in [-0.1, -0.05) is 36.4 Å². The zero-order valence-electron chi connectivity index (χ0n) is 20.6. The van der Waals surface area contributed by atoms with Crippen LogP contribution in [0.3, 0.4) is 0 Å². The maximum absolute atomic E-state index is 12.9. The van der Waals surface area contributed by atoms with Gasteiger partial charge in [0.25, 0.3) is 0 Å². The molecule has 1 saturated heterocycles. The summed E-state index contributed by atoms with van der Waals surface area (Å²) in [6.07, 6.45) is 1.58. The largest absolute Gasteiger partial charge is 0.355 e. The highest BCUT2D eigenvalue weighted by molar-refractivity contribution is 7.21. The maximum atomic E-state index is 12.9. The predicted octanol–water partition coefficient (Wildman–Crippen LogP) is 6.58. The van der Waals surface area contributed by atoms with Gasteiger partial charge in [-0.05, 0) is 73.9 Å². The van der Waals surface area contributed by atoms with E-state index in [0.717, 1.165) is 64.8 Å². The Labute approximate surface area is 220 Å². The molecule has 37 heavy (non-hydrogen) atoms. The van der Waals surface area contributed by atoms with Gasteiger partial charge >= 0.3 is 0 Å². The lowest BCUT2D eigenvalue weighted by Gasteiger charge is -2.31. The number of anilines is 2. The number of hydrogen-bond donors (Lipinski definition) is 1. The second-order valence-corrected chi connectivity index (χ2v) is 10.5. The number of carbonyl (C=O) groups excluding carboxylic acids is 1. The van der Waals surface area contributed by atoms with E-state index in [2.05, 4.69) is 45.5 Å². The molecule has 3 heterocycles. The first-order valence-electron chi connectivity index (χ1n) is 12.5. The number of fused-ring (bicyclic) bond motifs is 1. The summed E-state index contributed by atoms with van der Waals surface area (Å²) in [5, 5.41) is 12.9. The minimum atomic E-state index is -0.0139. The summed E-state index contributed by atoms with van der Waals surface area (Å²) in [6.45, 7) is 3.67. The number of thiazole rings is 1. The van der Waals surface area contributed by atoms with Crippen molar-refractivity contribution in [1.82, 2.24) is 15.2 Å². The second kappa shape index (κ2) is 10.1. The van der Waals surface area contributed by atoms with Gasteiger partial charge in [-0.2, -0.15) is 0 Å². The smallest absolute Gasteiger partial charge is 0.227 e. The SMILES string of the molecule is Cc1ccc2nc(-c3ccc(NC(=O)C4CCN(c5ccc(-c6ccccc6)nn5)CC4)cc3)sc2c1. The number of piperidine rings is 1. The minimum Gasteiger partial charge on any atom is -0.355 e. The Morgan fingerprint density at radius 3 is 2.41 bits per heavy atom. The van der Waals surface area contributed by atoms with Crippen molar-refractivity contribution in [2.45, 2.75) is 19.8 Å². The molecular formula is C30H27N5OS. The molecule has 0 spiro atoms. The molecule has 2 aromatic heterocycles. The summed E-state index contributed by atoms with van der Waals surface area (Å²) >= 11 is 1.69. The molecular weight excluding hydrogens is 478 g/mol.